The van der Waals surface area contributed by atoms with Crippen LogP contribution in [0, 0.1) is 21.4 Å². The van der Waals surface area contributed by atoms with Crippen molar-refractivity contribution in [1.82, 2.24) is 10.6 Å². The van der Waals surface area contributed by atoms with Gasteiger partial charge >= 0.3 is 0 Å². The fourth-order valence-corrected chi connectivity index (χ4v) is 3.52. The van der Waals surface area contributed by atoms with Gasteiger partial charge in [0.25, 0.3) is 5.69 Å². The highest BCUT2D eigenvalue weighted by Gasteiger charge is 2.35. The first kappa shape index (κ1) is 24.6. The fourth-order valence-electron chi connectivity index (χ4n) is 3.52. The smallest absolute Gasteiger partial charge is 0.269 e. The number of guanidine groups is 1. The number of nitro groups is 1. The van der Waals surface area contributed by atoms with E-state index >= 15 is 0 Å². The molecule has 8 heteroatoms. The largest absolute Gasteiger partial charge is 0.377 e. The zero-order chi connectivity index (χ0) is 19.9. The van der Waals surface area contributed by atoms with Gasteiger partial charge in [-0.1, -0.05) is 32.9 Å². The normalized spacial score (nSPS) is 20.2. The van der Waals surface area contributed by atoms with Crippen molar-refractivity contribution in [2.75, 3.05) is 19.7 Å². The zero-order valence-corrected chi connectivity index (χ0v) is 19.6. The summed E-state index contributed by atoms with van der Waals surface area (Å²) in [5.74, 6) is 1.16. The first-order valence-electron chi connectivity index (χ1n) is 9.68. The maximum absolute atomic E-state index is 10.9. The molecule has 0 radical (unpaired) electrons. The lowest BCUT2D eigenvalue weighted by Crippen LogP contribution is -2.47. The Labute approximate surface area is 184 Å². The molecular weight excluding hydrogens is 471 g/mol. The van der Waals surface area contributed by atoms with Gasteiger partial charge in [0.2, 0.25) is 0 Å². The summed E-state index contributed by atoms with van der Waals surface area (Å²) in [5, 5.41) is 17.6. The number of non-ortho nitro benzene ring substituents is 1. The molecule has 0 aliphatic carbocycles. The predicted molar refractivity (Wildman–Crippen MR) is 123 cm³/mol. The van der Waals surface area contributed by atoms with Gasteiger partial charge in [0.1, 0.15) is 0 Å². The molecule has 2 rings (SSSR count). The second-order valence-electron chi connectivity index (χ2n) is 8.06. The molecule has 158 valence electrons. The maximum atomic E-state index is 10.9. The lowest BCUT2D eigenvalue weighted by molar-refractivity contribution is -0.384. The third kappa shape index (κ3) is 7.54. The molecule has 1 fully saturated rings. The first-order chi connectivity index (χ1) is 12.8. The number of nitrogens with zero attached hydrogens (tertiary/aromatic N) is 2. The summed E-state index contributed by atoms with van der Waals surface area (Å²) in [5.41, 5.74) is 1.01. The quantitative estimate of drug-likeness (QED) is 0.200. The van der Waals surface area contributed by atoms with Crippen LogP contribution in [-0.2, 0) is 11.3 Å². The summed E-state index contributed by atoms with van der Waals surface area (Å²) in [4.78, 5) is 15.1. The van der Waals surface area contributed by atoms with Gasteiger partial charge in [-0.25, -0.2) is 4.99 Å². The van der Waals surface area contributed by atoms with E-state index in [0.717, 1.165) is 44.1 Å². The number of nitrogens with one attached hydrogen (secondary N) is 2. The molecule has 1 aliphatic rings. The Balaban J connectivity index is 0.00000392. The SMILES string of the molecule is CCNC(=NCc1cccc([N+](=O)[O-])c1)NCC1CCCOC1C(C)(C)C.I. The average molecular weight is 504 g/mol. The molecule has 1 saturated heterocycles. The van der Waals surface area contributed by atoms with Gasteiger partial charge < -0.3 is 15.4 Å². The van der Waals surface area contributed by atoms with Crippen molar-refractivity contribution >= 4 is 35.6 Å². The number of benzene rings is 1. The second kappa shape index (κ2) is 11.5. The molecule has 1 aromatic rings. The first-order valence-corrected chi connectivity index (χ1v) is 9.68. The fraction of sp³-hybridized carbons (Fsp3) is 0.650. The monoisotopic (exact) mass is 504 g/mol. The van der Waals surface area contributed by atoms with Crippen LogP contribution in [-0.4, -0.2) is 36.7 Å². The van der Waals surface area contributed by atoms with Crippen LogP contribution < -0.4 is 10.6 Å². The van der Waals surface area contributed by atoms with Crippen LogP contribution in [0.1, 0.15) is 46.1 Å². The third-order valence-electron chi connectivity index (χ3n) is 4.72. The Hall–Kier alpha value is -1.42. The van der Waals surface area contributed by atoms with Gasteiger partial charge in [-0.2, -0.15) is 0 Å². The minimum absolute atomic E-state index is 0. The molecule has 2 N–H and O–H groups in total. The summed E-state index contributed by atoms with van der Waals surface area (Å²) in [6.45, 7) is 11.5. The highest BCUT2D eigenvalue weighted by atomic mass is 127. The van der Waals surface area contributed by atoms with Crippen LogP contribution in [0.5, 0.6) is 0 Å². The molecule has 2 atom stereocenters. The number of ether oxygens (including phenoxy) is 1. The number of nitro benzene ring substituents is 1. The van der Waals surface area contributed by atoms with Gasteiger partial charge in [0.05, 0.1) is 17.6 Å². The molecule has 1 heterocycles. The van der Waals surface area contributed by atoms with Crippen molar-refractivity contribution in [3.05, 3.63) is 39.9 Å². The van der Waals surface area contributed by atoms with E-state index in [4.69, 9.17) is 4.74 Å². The number of hydrogen-bond donors (Lipinski definition) is 2. The third-order valence-corrected chi connectivity index (χ3v) is 4.72. The summed E-state index contributed by atoms with van der Waals surface area (Å²) in [6, 6.07) is 6.60. The van der Waals surface area contributed by atoms with Gasteiger partial charge in [-0.15, -0.1) is 24.0 Å². The molecule has 0 spiro atoms. The number of aliphatic imine (C=N–C) groups is 1. The van der Waals surface area contributed by atoms with Crippen molar-refractivity contribution < 1.29 is 9.66 Å². The maximum Gasteiger partial charge on any atom is 0.269 e. The lowest BCUT2D eigenvalue weighted by atomic mass is 9.78. The van der Waals surface area contributed by atoms with Crippen molar-refractivity contribution in [2.24, 2.45) is 16.3 Å². The Morgan fingerprint density at radius 2 is 2.11 bits per heavy atom. The molecule has 1 aliphatic heterocycles. The van der Waals surface area contributed by atoms with E-state index in [2.05, 4.69) is 36.4 Å². The molecule has 0 saturated carbocycles. The molecular formula is C20H33IN4O3. The number of halogens is 1. The molecule has 0 bridgehead atoms. The Bertz CT molecular complexity index is 661. The standard InChI is InChI=1S/C20H32N4O3.HI/c1-5-21-19(22-13-15-8-6-10-17(12-15)24(25)26)23-14-16-9-7-11-27-18(16)20(2,3)4;/h6,8,10,12,16,18H,5,7,9,11,13-14H2,1-4H3,(H2,21,22,23);1H. The Kier molecular flexibility index (Phi) is 10.2. The molecule has 0 amide bonds. The van der Waals surface area contributed by atoms with E-state index in [1.807, 2.05) is 13.0 Å². The highest BCUT2D eigenvalue weighted by Crippen LogP contribution is 2.33. The highest BCUT2D eigenvalue weighted by molar-refractivity contribution is 14.0. The van der Waals surface area contributed by atoms with Crippen LogP contribution in [0.25, 0.3) is 0 Å². The number of rotatable bonds is 6. The summed E-state index contributed by atoms with van der Waals surface area (Å²) in [7, 11) is 0. The van der Waals surface area contributed by atoms with E-state index in [1.165, 1.54) is 6.07 Å². The van der Waals surface area contributed by atoms with Crippen molar-refractivity contribution in [1.29, 1.82) is 0 Å². The van der Waals surface area contributed by atoms with Crippen LogP contribution in [0.4, 0.5) is 5.69 Å². The van der Waals surface area contributed by atoms with Crippen molar-refractivity contribution in [2.45, 2.75) is 53.2 Å². The van der Waals surface area contributed by atoms with E-state index in [0.29, 0.717) is 12.5 Å². The molecule has 28 heavy (non-hydrogen) atoms. The van der Waals surface area contributed by atoms with Crippen LogP contribution in [0.15, 0.2) is 29.3 Å². The zero-order valence-electron chi connectivity index (χ0n) is 17.2. The number of hydrogen-bond acceptors (Lipinski definition) is 4. The summed E-state index contributed by atoms with van der Waals surface area (Å²) in [6.07, 6.45) is 2.44. The van der Waals surface area contributed by atoms with E-state index in [1.54, 1.807) is 12.1 Å². The lowest BCUT2D eigenvalue weighted by Gasteiger charge is -2.40. The molecule has 7 nitrogen and oxygen atoms in total. The van der Waals surface area contributed by atoms with Gasteiger partial charge in [-0.05, 0) is 30.7 Å². The minimum Gasteiger partial charge on any atom is -0.377 e. The molecule has 2 unspecified atom stereocenters. The predicted octanol–water partition coefficient (Wildman–Crippen LogP) is 4.11. The van der Waals surface area contributed by atoms with Crippen LogP contribution >= 0.6 is 24.0 Å². The van der Waals surface area contributed by atoms with Gasteiger partial charge in [0, 0.05) is 37.7 Å². The Morgan fingerprint density at radius 1 is 1.36 bits per heavy atom. The van der Waals surface area contributed by atoms with E-state index in [-0.39, 0.29) is 46.1 Å². The van der Waals surface area contributed by atoms with E-state index in [9.17, 15) is 10.1 Å². The molecule has 1 aromatic carbocycles. The van der Waals surface area contributed by atoms with Gasteiger partial charge in [0.15, 0.2) is 5.96 Å². The van der Waals surface area contributed by atoms with Crippen molar-refractivity contribution in [3.63, 3.8) is 0 Å². The Morgan fingerprint density at radius 3 is 2.75 bits per heavy atom. The molecule has 0 aromatic heterocycles. The summed E-state index contributed by atoms with van der Waals surface area (Å²) < 4.78 is 6.05. The van der Waals surface area contributed by atoms with Crippen LogP contribution in [0.3, 0.4) is 0 Å². The van der Waals surface area contributed by atoms with Gasteiger partial charge in [-0.3, -0.25) is 10.1 Å². The summed E-state index contributed by atoms with van der Waals surface area (Å²) >= 11 is 0. The average Bonchev–Trinajstić information content (AvgIpc) is 2.63. The van der Waals surface area contributed by atoms with Crippen molar-refractivity contribution in [3.8, 4) is 0 Å². The van der Waals surface area contributed by atoms with Crippen LogP contribution in [0.2, 0.25) is 0 Å². The topological polar surface area (TPSA) is 88.8 Å². The van der Waals surface area contributed by atoms with E-state index < -0.39 is 0 Å². The second-order valence-corrected chi connectivity index (χ2v) is 8.06. The minimum atomic E-state index is -0.383.